The van der Waals surface area contributed by atoms with Crippen molar-refractivity contribution < 1.29 is 13.2 Å². The van der Waals surface area contributed by atoms with Crippen molar-refractivity contribution in [3.8, 4) is 0 Å². The summed E-state index contributed by atoms with van der Waals surface area (Å²) in [6.45, 7) is 1.79. The molecule has 5 nitrogen and oxygen atoms in total. The first-order chi connectivity index (χ1) is 14.7. The fraction of sp³-hybridized carbons (Fsp3) is 0.211. The number of aryl methyl sites for hydroxylation is 1. The summed E-state index contributed by atoms with van der Waals surface area (Å²) in [6.07, 6.45) is 0. The SMILES string of the molecule is Cc1ccc(S(=O)(=O)NC2(Nc3ccc(Cl)cc3)C(Cl)=C(Cl)C(=O)C(Cl)(Cl)C2(Cl)Cl)cc1. The van der Waals surface area contributed by atoms with Crippen molar-refractivity contribution in [3.63, 3.8) is 0 Å². The van der Waals surface area contributed by atoms with Gasteiger partial charge in [0.15, 0.2) is 5.66 Å². The zero-order valence-electron chi connectivity index (χ0n) is 15.9. The van der Waals surface area contributed by atoms with E-state index in [1.165, 1.54) is 36.4 Å². The van der Waals surface area contributed by atoms with Gasteiger partial charge in [-0.05, 0) is 43.3 Å². The van der Waals surface area contributed by atoms with Crippen molar-refractivity contribution >= 4 is 103 Å². The fourth-order valence-corrected chi connectivity index (χ4v) is 6.35. The predicted molar refractivity (Wildman–Crippen MR) is 132 cm³/mol. The summed E-state index contributed by atoms with van der Waals surface area (Å²) in [5.41, 5.74) is -1.29. The zero-order valence-corrected chi connectivity index (χ0v) is 22.0. The Morgan fingerprint density at radius 3 is 1.91 bits per heavy atom. The van der Waals surface area contributed by atoms with Crippen LogP contribution in [0.25, 0.3) is 0 Å². The highest BCUT2D eigenvalue weighted by molar-refractivity contribution is 7.89. The molecule has 1 atom stereocenters. The molecule has 2 aromatic rings. The molecule has 2 N–H and O–H groups in total. The second-order valence-electron chi connectivity index (χ2n) is 6.91. The minimum absolute atomic E-state index is 0.142. The summed E-state index contributed by atoms with van der Waals surface area (Å²) in [7, 11) is -4.37. The van der Waals surface area contributed by atoms with Crippen LogP contribution in [0.4, 0.5) is 5.69 Å². The molecule has 0 amide bonds. The van der Waals surface area contributed by atoms with Crippen molar-refractivity contribution in [1.82, 2.24) is 4.72 Å². The van der Waals surface area contributed by atoms with E-state index in [1.807, 2.05) is 0 Å². The maximum absolute atomic E-state index is 13.3. The number of rotatable bonds is 5. The van der Waals surface area contributed by atoms with Gasteiger partial charge in [0.25, 0.3) is 0 Å². The van der Waals surface area contributed by atoms with E-state index in [1.54, 1.807) is 19.1 Å². The number of alkyl halides is 4. The minimum atomic E-state index is -4.37. The van der Waals surface area contributed by atoms with Crippen LogP contribution in [0.3, 0.4) is 0 Å². The van der Waals surface area contributed by atoms with Crippen LogP contribution in [-0.2, 0) is 14.8 Å². The van der Waals surface area contributed by atoms with Gasteiger partial charge in [-0.2, -0.15) is 4.72 Å². The number of carbonyl (C=O) groups excluding carboxylic acids is 1. The molecule has 0 aromatic heterocycles. The summed E-state index contributed by atoms with van der Waals surface area (Å²) in [6, 6.07) is 11.9. The molecule has 13 heteroatoms. The molecule has 32 heavy (non-hydrogen) atoms. The zero-order chi connectivity index (χ0) is 24.1. The first-order valence-electron chi connectivity index (χ1n) is 8.66. The number of allylic oxidation sites excluding steroid dienone is 1. The molecule has 0 fully saturated rings. The quantitative estimate of drug-likeness (QED) is 0.311. The van der Waals surface area contributed by atoms with Crippen LogP contribution in [0.1, 0.15) is 5.56 Å². The molecule has 172 valence electrons. The van der Waals surface area contributed by atoms with Crippen LogP contribution in [-0.4, -0.2) is 28.5 Å². The highest BCUT2D eigenvalue weighted by Gasteiger charge is 2.71. The Bertz CT molecular complexity index is 1200. The van der Waals surface area contributed by atoms with Crippen molar-refractivity contribution in [1.29, 1.82) is 0 Å². The van der Waals surface area contributed by atoms with Crippen LogP contribution in [0.2, 0.25) is 5.02 Å². The number of benzene rings is 2. The van der Waals surface area contributed by atoms with Gasteiger partial charge in [-0.1, -0.05) is 98.9 Å². The van der Waals surface area contributed by atoms with E-state index in [0.717, 1.165) is 5.56 Å². The number of Topliss-reactive ketones (excluding diaryl/α,β-unsaturated/α-hetero) is 1. The lowest BCUT2D eigenvalue weighted by molar-refractivity contribution is -0.116. The van der Waals surface area contributed by atoms with Gasteiger partial charge in [-0.3, -0.25) is 4.79 Å². The Kier molecular flexibility index (Phi) is 7.36. The van der Waals surface area contributed by atoms with Gasteiger partial charge in [-0.25, -0.2) is 8.42 Å². The highest BCUT2D eigenvalue weighted by Crippen LogP contribution is 2.58. The van der Waals surface area contributed by atoms with Gasteiger partial charge in [0.2, 0.25) is 24.5 Å². The molecule has 0 heterocycles. The summed E-state index contributed by atoms with van der Waals surface area (Å²) in [5, 5.41) is 1.99. The van der Waals surface area contributed by atoms with Crippen LogP contribution in [0.5, 0.6) is 0 Å². The normalized spacial score (nSPS) is 22.7. The first kappa shape index (κ1) is 26.2. The standard InChI is InChI=1S/C19H13Cl7N2O3S/c1-10-2-8-13(9-3-10)32(30,31)28-18(27-12-6-4-11(20)5-7-12)15(22)14(21)16(29)17(23,24)19(18,25)26/h2-9,27-28H,1H3. The summed E-state index contributed by atoms with van der Waals surface area (Å²) < 4.78 is 23.8. The molecule has 1 aliphatic carbocycles. The average molecular weight is 598 g/mol. The summed E-state index contributed by atoms with van der Waals surface area (Å²) >= 11 is 44.0. The molecule has 0 bridgehead atoms. The maximum Gasteiger partial charge on any atom is 0.242 e. The second-order valence-corrected chi connectivity index (χ2v) is 12.4. The van der Waals surface area contributed by atoms with E-state index in [0.29, 0.717) is 5.02 Å². The molecule has 0 saturated heterocycles. The Labute approximate surface area is 219 Å². The third-order valence-electron chi connectivity index (χ3n) is 4.67. The Balaban J connectivity index is 2.27. The number of halogens is 7. The molecular formula is C19H13Cl7N2O3S. The molecule has 1 aliphatic rings. The highest BCUT2D eigenvalue weighted by atomic mass is 35.5. The number of hydrogen-bond donors (Lipinski definition) is 2. The second kappa shape index (κ2) is 8.99. The number of nitrogens with one attached hydrogen (secondary N) is 2. The smallest absolute Gasteiger partial charge is 0.242 e. The molecular weight excluding hydrogens is 584 g/mol. The molecule has 3 rings (SSSR count). The van der Waals surface area contributed by atoms with E-state index in [2.05, 4.69) is 10.0 Å². The Hall–Kier alpha value is -0.410. The fourth-order valence-electron chi connectivity index (χ4n) is 2.91. The minimum Gasteiger partial charge on any atom is -0.359 e. The van der Waals surface area contributed by atoms with E-state index in [4.69, 9.17) is 81.2 Å². The van der Waals surface area contributed by atoms with Gasteiger partial charge in [-0.15, -0.1) is 0 Å². The molecule has 2 aromatic carbocycles. The van der Waals surface area contributed by atoms with E-state index >= 15 is 0 Å². The molecule has 0 radical (unpaired) electrons. The lowest BCUT2D eigenvalue weighted by Gasteiger charge is -2.50. The largest absolute Gasteiger partial charge is 0.359 e. The summed E-state index contributed by atoms with van der Waals surface area (Å²) in [4.78, 5) is 12.5. The van der Waals surface area contributed by atoms with Crippen molar-refractivity contribution in [2.45, 2.75) is 26.1 Å². The number of ketones is 1. The van der Waals surface area contributed by atoms with Crippen LogP contribution >= 0.6 is 81.2 Å². The van der Waals surface area contributed by atoms with Crippen molar-refractivity contribution in [3.05, 3.63) is 69.2 Å². The lowest BCUT2D eigenvalue weighted by Crippen LogP contribution is -2.73. The third kappa shape index (κ3) is 4.35. The van der Waals surface area contributed by atoms with Gasteiger partial charge >= 0.3 is 0 Å². The number of hydrogen-bond acceptors (Lipinski definition) is 4. The molecule has 1 unspecified atom stereocenters. The monoisotopic (exact) mass is 594 g/mol. The maximum atomic E-state index is 13.3. The molecule has 0 saturated carbocycles. The van der Waals surface area contributed by atoms with Crippen molar-refractivity contribution in [2.24, 2.45) is 0 Å². The third-order valence-corrected chi connectivity index (χ3v) is 9.75. The van der Waals surface area contributed by atoms with Crippen LogP contribution in [0.15, 0.2) is 63.5 Å². The lowest BCUT2D eigenvalue weighted by atomic mass is 9.92. The number of carbonyl (C=O) groups is 1. The van der Waals surface area contributed by atoms with Gasteiger partial charge < -0.3 is 5.32 Å². The number of sulfonamides is 1. The molecule has 0 aliphatic heterocycles. The van der Waals surface area contributed by atoms with Crippen molar-refractivity contribution in [2.75, 3.05) is 5.32 Å². The van der Waals surface area contributed by atoms with Gasteiger partial charge in [0.1, 0.15) is 5.03 Å². The van der Waals surface area contributed by atoms with E-state index in [9.17, 15) is 13.2 Å². The predicted octanol–water partition coefficient (Wildman–Crippen LogP) is 6.35. The van der Waals surface area contributed by atoms with E-state index in [-0.39, 0.29) is 10.6 Å². The Morgan fingerprint density at radius 2 is 1.38 bits per heavy atom. The Morgan fingerprint density at radius 1 is 0.844 bits per heavy atom. The van der Waals surface area contributed by atoms with Crippen LogP contribution in [0, 0.1) is 6.92 Å². The van der Waals surface area contributed by atoms with Gasteiger partial charge in [0, 0.05) is 10.7 Å². The number of anilines is 1. The van der Waals surface area contributed by atoms with Crippen LogP contribution < -0.4 is 10.0 Å². The molecule has 0 spiro atoms. The summed E-state index contributed by atoms with van der Waals surface area (Å²) in [5.74, 6) is -1.10. The average Bonchev–Trinajstić information content (AvgIpc) is 2.72. The van der Waals surface area contributed by atoms with E-state index < -0.39 is 40.2 Å². The topological polar surface area (TPSA) is 75.3 Å². The van der Waals surface area contributed by atoms with Gasteiger partial charge in [0.05, 0.1) is 9.93 Å². The first-order valence-corrected chi connectivity index (χ1v) is 12.8.